The van der Waals surface area contributed by atoms with Crippen molar-refractivity contribution in [3.63, 3.8) is 0 Å². The molecular weight excluding hydrogens is 230 g/mol. The maximum atomic E-state index is 11.7. The molecule has 2 rings (SSSR count). The average molecular weight is 240 g/mol. The third-order valence-electron chi connectivity index (χ3n) is 2.54. The topological polar surface area (TPSA) is 57.6 Å². The molecule has 4 nitrogen and oxygen atoms in total. The van der Waals surface area contributed by atoms with Crippen LogP contribution < -0.4 is 4.90 Å². The number of benzene rings is 1. The Hall–Kier alpha value is -1.55. The summed E-state index contributed by atoms with van der Waals surface area (Å²) < 4.78 is 0. The number of imide groups is 1. The fraction of sp³-hybridized carbons (Fsp3) is 0.273. The van der Waals surface area contributed by atoms with E-state index in [9.17, 15) is 14.7 Å². The first-order chi connectivity index (χ1) is 7.50. The molecule has 1 unspecified atom stereocenters. The van der Waals surface area contributed by atoms with Crippen molar-refractivity contribution in [1.29, 1.82) is 0 Å². The molecular formula is C11H10ClNO3. The van der Waals surface area contributed by atoms with Crippen LogP contribution in [0.5, 0.6) is 5.75 Å². The average Bonchev–Trinajstić information content (AvgIpc) is 2.43. The molecule has 0 aromatic heterocycles. The Bertz CT molecular complexity index is 472. The molecule has 0 spiro atoms. The molecule has 1 atom stereocenters. The molecule has 1 aliphatic rings. The van der Waals surface area contributed by atoms with Gasteiger partial charge in [-0.1, -0.05) is 18.5 Å². The lowest BCUT2D eigenvalue weighted by atomic mass is 10.1. The number of hydrogen-bond acceptors (Lipinski definition) is 3. The molecule has 0 aliphatic carbocycles. The van der Waals surface area contributed by atoms with E-state index in [1.54, 1.807) is 6.92 Å². The third kappa shape index (κ3) is 1.65. The largest absolute Gasteiger partial charge is 0.508 e. The van der Waals surface area contributed by atoms with E-state index in [0.29, 0.717) is 5.69 Å². The summed E-state index contributed by atoms with van der Waals surface area (Å²) in [5.41, 5.74) is 0.332. The Labute approximate surface area is 97.4 Å². The molecule has 2 amide bonds. The van der Waals surface area contributed by atoms with Crippen molar-refractivity contribution < 1.29 is 14.7 Å². The Morgan fingerprint density at radius 2 is 2.12 bits per heavy atom. The predicted octanol–water partition coefficient (Wildman–Crippen LogP) is 1.94. The molecule has 0 bridgehead atoms. The van der Waals surface area contributed by atoms with Crippen molar-refractivity contribution in [2.45, 2.75) is 13.3 Å². The summed E-state index contributed by atoms with van der Waals surface area (Å²) in [6.07, 6.45) is 0.204. The predicted molar refractivity (Wildman–Crippen MR) is 59.4 cm³/mol. The van der Waals surface area contributed by atoms with E-state index in [1.807, 2.05) is 0 Å². The molecule has 84 valence electrons. The number of hydrogen-bond donors (Lipinski definition) is 1. The second-order valence-electron chi connectivity index (χ2n) is 3.81. The highest BCUT2D eigenvalue weighted by molar-refractivity contribution is 6.36. The van der Waals surface area contributed by atoms with Crippen molar-refractivity contribution >= 4 is 29.1 Å². The van der Waals surface area contributed by atoms with E-state index in [2.05, 4.69) is 0 Å². The Morgan fingerprint density at radius 1 is 1.44 bits per heavy atom. The summed E-state index contributed by atoms with van der Waals surface area (Å²) in [5.74, 6) is -0.819. The third-order valence-corrected chi connectivity index (χ3v) is 2.85. The lowest BCUT2D eigenvalue weighted by molar-refractivity contribution is -0.122. The van der Waals surface area contributed by atoms with Gasteiger partial charge in [0, 0.05) is 18.4 Å². The molecule has 1 fully saturated rings. The van der Waals surface area contributed by atoms with Gasteiger partial charge in [-0.3, -0.25) is 9.59 Å². The van der Waals surface area contributed by atoms with Crippen LogP contribution in [0.1, 0.15) is 13.3 Å². The fourth-order valence-corrected chi connectivity index (χ4v) is 1.97. The molecule has 1 N–H and O–H groups in total. The zero-order valence-electron chi connectivity index (χ0n) is 8.61. The van der Waals surface area contributed by atoms with Crippen molar-refractivity contribution in [1.82, 2.24) is 0 Å². The maximum Gasteiger partial charge on any atom is 0.237 e. The number of anilines is 1. The minimum atomic E-state index is -0.308. The first-order valence-electron chi connectivity index (χ1n) is 4.86. The van der Waals surface area contributed by atoms with Gasteiger partial charge >= 0.3 is 0 Å². The number of nitrogens with zero attached hydrogens (tertiary/aromatic N) is 1. The second-order valence-corrected chi connectivity index (χ2v) is 4.22. The number of carbonyl (C=O) groups excluding carboxylic acids is 2. The first kappa shape index (κ1) is 11.0. The van der Waals surface area contributed by atoms with Gasteiger partial charge in [0.2, 0.25) is 11.8 Å². The van der Waals surface area contributed by atoms with E-state index in [4.69, 9.17) is 11.6 Å². The maximum absolute atomic E-state index is 11.7. The van der Waals surface area contributed by atoms with Gasteiger partial charge in [-0.15, -0.1) is 0 Å². The number of carbonyl (C=O) groups is 2. The van der Waals surface area contributed by atoms with Gasteiger partial charge in [0.25, 0.3) is 0 Å². The van der Waals surface area contributed by atoms with Crippen LogP contribution in [0, 0.1) is 5.92 Å². The van der Waals surface area contributed by atoms with Crippen molar-refractivity contribution in [2.75, 3.05) is 4.90 Å². The summed E-state index contributed by atoms with van der Waals surface area (Å²) in [6.45, 7) is 1.70. The minimum Gasteiger partial charge on any atom is -0.508 e. The van der Waals surface area contributed by atoms with Gasteiger partial charge < -0.3 is 5.11 Å². The quantitative estimate of drug-likeness (QED) is 0.762. The fourth-order valence-electron chi connectivity index (χ4n) is 1.71. The van der Waals surface area contributed by atoms with Gasteiger partial charge in [-0.25, -0.2) is 4.90 Å². The molecule has 1 aromatic carbocycles. The molecule has 1 aromatic rings. The number of phenols is 1. The van der Waals surface area contributed by atoms with Crippen LogP contribution in [-0.4, -0.2) is 16.9 Å². The number of amides is 2. The van der Waals surface area contributed by atoms with Crippen LogP contribution >= 0.6 is 11.6 Å². The van der Waals surface area contributed by atoms with Crippen LogP contribution in [0.25, 0.3) is 0 Å². The highest BCUT2D eigenvalue weighted by Gasteiger charge is 2.37. The van der Waals surface area contributed by atoms with Crippen LogP contribution in [0.4, 0.5) is 5.69 Å². The summed E-state index contributed by atoms with van der Waals surface area (Å²) >= 11 is 5.88. The first-order valence-corrected chi connectivity index (χ1v) is 5.24. The molecule has 0 radical (unpaired) electrons. The smallest absolute Gasteiger partial charge is 0.237 e. The SMILES string of the molecule is CC1CC(=O)N(c2ccc(O)cc2Cl)C1=O. The van der Waals surface area contributed by atoms with Crippen LogP contribution in [-0.2, 0) is 9.59 Å². The molecule has 1 aliphatic heterocycles. The zero-order chi connectivity index (χ0) is 11.9. The highest BCUT2D eigenvalue weighted by atomic mass is 35.5. The van der Waals surface area contributed by atoms with E-state index in [-0.39, 0.29) is 34.9 Å². The van der Waals surface area contributed by atoms with E-state index < -0.39 is 0 Å². The Morgan fingerprint density at radius 3 is 2.62 bits per heavy atom. The number of halogens is 1. The van der Waals surface area contributed by atoms with Gasteiger partial charge in [-0.05, 0) is 12.1 Å². The van der Waals surface area contributed by atoms with Gasteiger partial charge in [0.05, 0.1) is 10.7 Å². The van der Waals surface area contributed by atoms with Crippen LogP contribution in [0.3, 0.4) is 0 Å². The van der Waals surface area contributed by atoms with Crippen LogP contribution in [0.15, 0.2) is 18.2 Å². The molecule has 5 heteroatoms. The number of aromatic hydroxyl groups is 1. The van der Waals surface area contributed by atoms with Crippen molar-refractivity contribution in [2.24, 2.45) is 5.92 Å². The Kier molecular flexibility index (Phi) is 2.59. The van der Waals surface area contributed by atoms with Crippen molar-refractivity contribution in [3.8, 4) is 5.75 Å². The molecule has 0 saturated carbocycles. The molecule has 1 heterocycles. The van der Waals surface area contributed by atoms with E-state index in [0.717, 1.165) is 4.90 Å². The number of rotatable bonds is 1. The zero-order valence-corrected chi connectivity index (χ0v) is 9.36. The number of phenolic OH excluding ortho intramolecular Hbond substituents is 1. The molecule has 16 heavy (non-hydrogen) atoms. The summed E-state index contributed by atoms with van der Waals surface area (Å²) in [6, 6.07) is 4.16. The van der Waals surface area contributed by atoms with Crippen molar-refractivity contribution in [3.05, 3.63) is 23.2 Å². The minimum absolute atomic E-state index is 0.000827. The second kappa shape index (κ2) is 3.79. The monoisotopic (exact) mass is 239 g/mol. The standard InChI is InChI=1S/C11H10ClNO3/c1-6-4-10(15)13(11(6)16)9-3-2-7(14)5-8(9)12/h2-3,5-6,14H,4H2,1H3. The lowest BCUT2D eigenvalue weighted by Gasteiger charge is -2.15. The Balaban J connectivity index is 2.45. The highest BCUT2D eigenvalue weighted by Crippen LogP contribution is 2.33. The van der Waals surface area contributed by atoms with Gasteiger partial charge in [0.1, 0.15) is 5.75 Å². The summed E-state index contributed by atoms with van der Waals surface area (Å²) in [5, 5.41) is 9.38. The van der Waals surface area contributed by atoms with Gasteiger partial charge in [0.15, 0.2) is 0 Å². The summed E-state index contributed by atoms with van der Waals surface area (Å²) in [4.78, 5) is 24.4. The van der Waals surface area contributed by atoms with E-state index >= 15 is 0 Å². The lowest BCUT2D eigenvalue weighted by Crippen LogP contribution is -2.30. The molecule has 1 saturated heterocycles. The normalized spacial score (nSPS) is 20.6. The summed E-state index contributed by atoms with van der Waals surface area (Å²) in [7, 11) is 0. The van der Waals surface area contributed by atoms with E-state index in [1.165, 1.54) is 18.2 Å². The van der Waals surface area contributed by atoms with Crippen LogP contribution in [0.2, 0.25) is 5.02 Å². The van der Waals surface area contributed by atoms with Gasteiger partial charge in [-0.2, -0.15) is 0 Å².